The largest absolute Gasteiger partial charge is 0.385 e. The van der Waals surface area contributed by atoms with E-state index in [0.717, 1.165) is 6.42 Å². The number of hydrogen-bond donors (Lipinski definition) is 0. The highest BCUT2D eigenvalue weighted by molar-refractivity contribution is 5.84. The number of nitrogens with zero attached hydrogens (tertiary/aromatic N) is 2. The molecule has 0 saturated heterocycles. The molecule has 17 heavy (non-hydrogen) atoms. The summed E-state index contributed by atoms with van der Waals surface area (Å²) in [6, 6.07) is 2.03. The standard InChI is InChI=1S/C12H22N2O3/c1-12(2,10-13)11(15)14(7-9-17-4)6-5-8-16-3/h5-9H2,1-4H3. The number of nitriles is 1. The fraction of sp³-hybridized carbons (Fsp3) is 0.833. The Morgan fingerprint density at radius 2 is 1.82 bits per heavy atom. The first-order valence-corrected chi connectivity index (χ1v) is 5.68. The number of amides is 1. The molecule has 0 aliphatic carbocycles. The van der Waals surface area contributed by atoms with Crippen molar-refractivity contribution in [2.45, 2.75) is 20.3 Å². The van der Waals surface area contributed by atoms with Gasteiger partial charge in [-0.2, -0.15) is 5.26 Å². The van der Waals surface area contributed by atoms with Gasteiger partial charge in [-0.3, -0.25) is 4.79 Å². The van der Waals surface area contributed by atoms with Gasteiger partial charge in [0.25, 0.3) is 0 Å². The SMILES string of the molecule is COCCCN(CCOC)C(=O)C(C)(C)C#N. The van der Waals surface area contributed by atoms with Crippen molar-refractivity contribution >= 4 is 5.91 Å². The number of rotatable bonds is 8. The lowest BCUT2D eigenvalue weighted by Gasteiger charge is -2.27. The summed E-state index contributed by atoms with van der Waals surface area (Å²) >= 11 is 0. The minimum absolute atomic E-state index is 0.159. The van der Waals surface area contributed by atoms with Gasteiger partial charge in [-0.15, -0.1) is 0 Å². The third kappa shape index (κ3) is 5.66. The van der Waals surface area contributed by atoms with Crippen molar-refractivity contribution < 1.29 is 14.3 Å². The lowest BCUT2D eigenvalue weighted by molar-refractivity contribution is -0.138. The molecule has 0 bridgehead atoms. The second-order valence-electron chi connectivity index (χ2n) is 4.37. The summed E-state index contributed by atoms with van der Waals surface area (Å²) in [5.41, 5.74) is -0.985. The minimum atomic E-state index is -0.985. The predicted molar refractivity (Wildman–Crippen MR) is 64.3 cm³/mol. The van der Waals surface area contributed by atoms with Gasteiger partial charge in [0.15, 0.2) is 0 Å². The molecule has 5 heteroatoms. The van der Waals surface area contributed by atoms with Crippen LogP contribution >= 0.6 is 0 Å². The van der Waals surface area contributed by atoms with Gasteiger partial charge in [0.2, 0.25) is 5.91 Å². The third-order valence-corrected chi connectivity index (χ3v) is 2.44. The fourth-order valence-electron chi connectivity index (χ4n) is 1.36. The first-order valence-electron chi connectivity index (χ1n) is 5.68. The highest BCUT2D eigenvalue weighted by atomic mass is 16.5. The molecule has 0 spiro atoms. The number of methoxy groups -OCH3 is 2. The van der Waals surface area contributed by atoms with Crippen molar-refractivity contribution in [3.63, 3.8) is 0 Å². The summed E-state index contributed by atoms with van der Waals surface area (Å²) in [6.45, 7) is 5.42. The summed E-state index contributed by atoms with van der Waals surface area (Å²) in [6.07, 6.45) is 0.757. The van der Waals surface area contributed by atoms with Gasteiger partial charge in [0.05, 0.1) is 12.7 Å². The smallest absolute Gasteiger partial charge is 0.242 e. The Kier molecular flexibility index (Phi) is 7.51. The van der Waals surface area contributed by atoms with E-state index in [2.05, 4.69) is 0 Å². The number of carbonyl (C=O) groups is 1. The third-order valence-electron chi connectivity index (χ3n) is 2.44. The van der Waals surface area contributed by atoms with Crippen LogP contribution in [-0.2, 0) is 14.3 Å². The maximum atomic E-state index is 12.1. The van der Waals surface area contributed by atoms with E-state index in [0.29, 0.717) is 26.3 Å². The Bertz CT molecular complexity index is 271. The molecule has 0 N–H and O–H groups in total. The second-order valence-corrected chi connectivity index (χ2v) is 4.37. The monoisotopic (exact) mass is 242 g/mol. The lowest BCUT2D eigenvalue weighted by atomic mass is 9.93. The van der Waals surface area contributed by atoms with Crippen LogP contribution in [0.2, 0.25) is 0 Å². The average molecular weight is 242 g/mol. The van der Waals surface area contributed by atoms with E-state index < -0.39 is 5.41 Å². The Morgan fingerprint density at radius 1 is 1.24 bits per heavy atom. The quantitative estimate of drug-likeness (QED) is 0.597. The minimum Gasteiger partial charge on any atom is -0.385 e. The van der Waals surface area contributed by atoms with Crippen molar-refractivity contribution in [1.82, 2.24) is 4.90 Å². The van der Waals surface area contributed by atoms with Gasteiger partial charge in [0, 0.05) is 33.9 Å². The van der Waals surface area contributed by atoms with Crippen LogP contribution in [0.1, 0.15) is 20.3 Å². The molecule has 98 valence electrons. The van der Waals surface area contributed by atoms with Gasteiger partial charge >= 0.3 is 0 Å². The molecule has 0 radical (unpaired) electrons. The predicted octanol–water partition coefficient (Wildman–Crippen LogP) is 1.05. The van der Waals surface area contributed by atoms with Crippen LogP contribution in [0.3, 0.4) is 0 Å². The van der Waals surface area contributed by atoms with Gasteiger partial charge in [-0.1, -0.05) is 0 Å². The molecule has 0 aromatic rings. The zero-order valence-electron chi connectivity index (χ0n) is 11.2. The molecule has 5 nitrogen and oxygen atoms in total. The van der Waals surface area contributed by atoms with Crippen molar-refractivity contribution in [3.05, 3.63) is 0 Å². The van der Waals surface area contributed by atoms with E-state index in [4.69, 9.17) is 14.7 Å². The molecule has 0 fully saturated rings. The number of ether oxygens (including phenoxy) is 2. The van der Waals surface area contributed by atoms with Crippen LogP contribution in [0.15, 0.2) is 0 Å². The Balaban J connectivity index is 4.45. The van der Waals surface area contributed by atoms with Crippen LogP contribution in [0.25, 0.3) is 0 Å². The van der Waals surface area contributed by atoms with Crippen LogP contribution in [0, 0.1) is 16.7 Å². The van der Waals surface area contributed by atoms with Crippen molar-refractivity contribution in [1.29, 1.82) is 5.26 Å². The molecule has 1 amide bonds. The molecular formula is C12H22N2O3. The number of hydrogen-bond acceptors (Lipinski definition) is 4. The van der Waals surface area contributed by atoms with E-state index in [1.54, 1.807) is 33.0 Å². The van der Waals surface area contributed by atoms with Gasteiger partial charge in [-0.05, 0) is 20.3 Å². The van der Waals surface area contributed by atoms with Crippen molar-refractivity contribution in [2.75, 3.05) is 40.5 Å². The fourth-order valence-corrected chi connectivity index (χ4v) is 1.36. The maximum Gasteiger partial charge on any atom is 0.242 e. The van der Waals surface area contributed by atoms with Crippen LogP contribution in [-0.4, -0.2) is 51.3 Å². The molecule has 0 aromatic carbocycles. The van der Waals surface area contributed by atoms with E-state index >= 15 is 0 Å². The molecule has 0 saturated carbocycles. The van der Waals surface area contributed by atoms with Gasteiger partial charge < -0.3 is 14.4 Å². The summed E-state index contributed by atoms with van der Waals surface area (Å²) in [7, 11) is 3.22. The summed E-state index contributed by atoms with van der Waals surface area (Å²) in [4.78, 5) is 13.8. The highest BCUT2D eigenvalue weighted by Crippen LogP contribution is 2.17. The first kappa shape index (κ1) is 15.9. The van der Waals surface area contributed by atoms with Crippen LogP contribution < -0.4 is 0 Å². The summed E-state index contributed by atoms with van der Waals surface area (Å²) < 4.78 is 9.92. The zero-order valence-corrected chi connectivity index (χ0v) is 11.2. The van der Waals surface area contributed by atoms with E-state index in [9.17, 15) is 4.79 Å². The molecule has 0 aliphatic heterocycles. The average Bonchev–Trinajstić information content (AvgIpc) is 2.32. The van der Waals surface area contributed by atoms with E-state index in [1.165, 1.54) is 0 Å². The van der Waals surface area contributed by atoms with E-state index in [1.807, 2.05) is 6.07 Å². The molecule has 0 rings (SSSR count). The number of carbonyl (C=O) groups excluding carboxylic acids is 1. The lowest BCUT2D eigenvalue weighted by Crippen LogP contribution is -2.42. The second kappa shape index (κ2) is 8.04. The molecule has 0 aromatic heterocycles. The highest BCUT2D eigenvalue weighted by Gasteiger charge is 2.31. The topological polar surface area (TPSA) is 62.6 Å². The van der Waals surface area contributed by atoms with Gasteiger partial charge in [-0.25, -0.2) is 0 Å². The van der Waals surface area contributed by atoms with Crippen molar-refractivity contribution in [2.24, 2.45) is 5.41 Å². The Morgan fingerprint density at radius 3 is 2.29 bits per heavy atom. The molecular weight excluding hydrogens is 220 g/mol. The first-order chi connectivity index (χ1) is 7.99. The molecule has 0 unspecified atom stereocenters. The van der Waals surface area contributed by atoms with Crippen LogP contribution in [0.5, 0.6) is 0 Å². The van der Waals surface area contributed by atoms with Crippen LogP contribution in [0.4, 0.5) is 0 Å². The molecule has 0 aliphatic rings. The van der Waals surface area contributed by atoms with Crippen molar-refractivity contribution in [3.8, 4) is 6.07 Å². The Labute approximate surface area is 103 Å². The summed E-state index contributed by atoms with van der Waals surface area (Å²) in [5, 5.41) is 8.96. The zero-order chi connectivity index (χ0) is 13.3. The Hall–Kier alpha value is -1.12. The normalized spacial score (nSPS) is 11.0. The molecule has 0 atom stereocenters. The van der Waals surface area contributed by atoms with E-state index in [-0.39, 0.29) is 5.91 Å². The maximum absolute atomic E-state index is 12.1. The molecule has 0 heterocycles. The van der Waals surface area contributed by atoms with Gasteiger partial charge in [0.1, 0.15) is 5.41 Å². The summed E-state index contributed by atoms with van der Waals surface area (Å²) in [5.74, 6) is -0.159.